The van der Waals surface area contributed by atoms with Gasteiger partial charge in [-0.2, -0.15) is 0 Å². The highest BCUT2D eigenvalue weighted by Crippen LogP contribution is 2.37. The standard InChI is InChI=1S/C18H29Cl2N3O3/c1-22-14(2-3-16(22)25)18(26)23-6-4-10(5-7-23)17(21)11-8-12(19)13(20)9-15(11)24/h10-15,17,24H,2-9,21H2,1H3/t11?,12?,13?,14-,15?,17-/m1/s1. The zero-order chi connectivity index (χ0) is 19.0. The minimum atomic E-state index is -0.514. The number of aliphatic hydroxyl groups excluding tert-OH is 1. The van der Waals surface area contributed by atoms with E-state index in [0.29, 0.717) is 38.8 Å². The van der Waals surface area contributed by atoms with Crippen LogP contribution in [-0.2, 0) is 9.59 Å². The Labute approximate surface area is 165 Å². The van der Waals surface area contributed by atoms with Crippen LogP contribution in [0, 0.1) is 11.8 Å². The van der Waals surface area contributed by atoms with Crippen LogP contribution in [0.4, 0.5) is 0 Å². The van der Waals surface area contributed by atoms with Crippen LogP contribution in [0.25, 0.3) is 0 Å². The maximum Gasteiger partial charge on any atom is 0.245 e. The summed E-state index contributed by atoms with van der Waals surface area (Å²) in [4.78, 5) is 27.8. The summed E-state index contributed by atoms with van der Waals surface area (Å²) >= 11 is 12.4. The van der Waals surface area contributed by atoms with Gasteiger partial charge in [-0.15, -0.1) is 23.2 Å². The number of likely N-dealkylation sites (tertiary alicyclic amines) is 2. The first-order valence-electron chi connectivity index (χ1n) is 9.55. The lowest BCUT2D eigenvalue weighted by atomic mass is 9.74. The van der Waals surface area contributed by atoms with E-state index >= 15 is 0 Å². The van der Waals surface area contributed by atoms with Crippen molar-refractivity contribution in [1.82, 2.24) is 9.80 Å². The number of rotatable bonds is 3. The lowest BCUT2D eigenvalue weighted by Gasteiger charge is -2.43. The Morgan fingerprint density at radius 3 is 2.38 bits per heavy atom. The zero-order valence-corrected chi connectivity index (χ0v) is 16.7. The second kappa shape index (κ2) is 8.21. The minimum Gasteiger partial charge on any atom is -0.393 e. The van der Waals surface area contributed by atoms with Gasteiger partial charge >= 0.3 is 0 Å². The SMILES string of the molecule is CN1C(=O)CC[C@@H]1C(=O)N1CCC([C@@H](N)C2CC(Cl)C(Cl)CC2O)CC1. The molecule has 3 aliphatic rings. The van der Waals surface area contributed by atoms with Crippen LogP contribution >= 0.6 is 23.2 Å². The predicted molar refractivity (Wildman–Crippen MR) is 101 cm³/mol. The van der Waals surface area contributed by atoms with Gasteiger partial charge < -0.3 is 20.6 Å². The van der Waals surface area contributed by atoms with E-state index in [0.717, 1.165) is 12.8 Å². The number of carbonyl (C=O) groups is 2. The normalized spacial score (nSPS) is 37.9. The Morgan fingerprint density at radius 2 is 1.81 bits per heavy atom. The highest BCUT2D eigenvalue weighted by molar-refractivity contribution is 6.30. The van der Waals surface area contributed by atoms with Crippen LogP contribution in [0.3, 0.4) is 0 Å². The number of hydrogen-bond acceptors (Lipinski definition) is 4. The van der Waals surface area contributed by atoms with Gasteiger partial charge in [-0.25, -0.2) is 0 Å². The molecule has 3 rings (SSSR count). The topological polar surface area (TPSA) is 86.9 Å². The number of hydrogen-bond donors (Lipinski definition) is 2. The molecule has 2 saturated heterocycles. The molecule has 6 atom stereocenters. The van der Waals surface area contributed by atoms with E-state index in [-0.39, 0.29) is 46.5 Å². The summed E-state index contributed by atoms with van der Waals surface area (Å²) < 4.78 is 0. The van der Waals surface area contributed by atoms with Gasteiger partial charge in [-0.1, -0.05) is 0 Å². The van der Waals surface area contributed by atoms with E-state index in [4.69, 9.17) is 28.9 Å². The molecule has 8 heteroatoms. The van der Waals surface area contributed by atoms with E-state index in [1.54, 1.807) is 11.9 Å². The van der Waals surface area contributed by atoms with Gasteiger partial charge in [0.2, 0.25) is 11.8 Å². The molecule has 0 aromatic carbocycles. The molecule has 3 N–H and O–H groups in total. The van der Waals surface area contributed by atoms with E-state index in [2.05, 4.69) is 0 Å². The van der Waals surface area contributed by atoms with Crippen LogP contribution in [0.1, 0.15) is 38.5 Å². The number of amides is 2. The number of piperidine rings is 1. The van der Waals surface area contributed by atoms with E-state index in [1.807, 2.05) is 4.90 Å². The number of nitrogens with zero attached hydrogens (tertiary/aromatic N) is 2. The van der Waals surface area contributed by atoms with Gasteiger partial charge in [0.25, 0.3) is 0 Å². The smallest absolute Gasteiger partial charge is 0.245 e. The Morgan fingerprint density at radius 1 is 1.19 bits per heavy atom. The molecule has 2 heterocycles. The van der Waals surface area contributed by atoms with Gasteiger partial charge in [0, 0.05) is 38.5 Å². The second-order valence-electron chi connectivity index (χ2n) is 8.03. The fourth-order valence-electron chi connectivity index (χ4n) is 4.69. The maximum absolute atomic E-state index is 12.7. The molecular weight excluding hydrogens is 377 g/mol. The first kappa shape index (κ1) is 20.2. The van der Waals surface area contributed by atoms with E-state index < -0.39 is 6.10 Å². The molecule has 3 fully saturated rings. The lowest BCUT2D eigenvalue weighted by molar-refractivity contribution is -0.141. The summed E-state index contributed by atoms with van der Waals surface area (Å²) in [5, 5.41) is 10.0. The first-order chi connectivity index (χ1) is 12.3. The maximum atomic E-state index is 12.7. The van der Waals surface area contributed by atoms with Crippen molar-refractivity contribution < 1.29 is 14.7 Å². The van der Waals surface area contributed by atoms with Crippen LogP contribution in [0.15, 0.2) is 0 Å². The molecule has 0 aromatic heterocycles. The Kier molecular flexibility index (Phi) is 6.37. The molecule has 1 aliphatic carbocycles. The van der Waals surface area contributed by atoms with Crippen molar-refractivity contribution in [3.05, 3.63) is 0 Å². The molecular formula is C18H29Cl2N3O3. The summed E-state index contributed by atoms with van der Waals surface area (Å²) in [7, 11) is 1.71. The third-order valence-electron chi connectivity index (χ3n) is 6.52. The Bertz CT molecular complexity index is 542. The molecule has 0 aromatic rings. The van der Waals surface area contributed by atoms with Crippen molar-refractivity contribution in [3.8, 4) is 0 Å². The summed E-state index contributed by atoms with van der Waals surface area (Å²) in [6.45, 7) is 1.31. The van der Waals surface area contributed by atoms with Gasteiger partial charge in [-0.05, 0) is 38.0 Å². The van der Waals surface area contributed by atoms with Gasteiger partial charge in [0.1, 0.15) is 6.04 Å². The van der Waals surface area contributed by atoms with Crippen LogP contribution in [0.5, 0.6) is 0 Å². The largest absolute Gasteiger partial charge is 0.393 e. The van der Waals surface area contributed by atoms with Crippen molar-refractivity contribution in [1.29, 1.82) is 0 Å². The number of aliphatic hydroxyl groups is 1. The van der Waals surface area contributed by atoms with Crippen molar-refractivity contribution in [2.75, 3.05) is 20.1 Å². The van der Waals surface area contributed by atoms with Crippen molar-refractivity contribution in [2.24, 2.45) is 17.6 Å². The Hall–Kier alpha value is -0.560. The molecule has 2 aliphatic heterocycles. The molecule has 0 bridgehead atoms. The van der Waals surface area contributed by atoms with Crippen LogP contribution < -0.4 is 5.73 Å². The lowest BCUT2D eigenvalue weighted by Crippen LogP contribution is -2.53. The number of halogens is 2. The summed E-state index contributed by atoms with van der Waals surface area (Å²) in [6, 6.07) is -0.450. The van der Waals surface area contributed by atoms with E-state index in [9.17, 15) is 14.7 Å². The van der Waals surface area contributed by atoms with Gasteiger partial charge in [0.15, 0.2) is 0 Å². The zero-order valence-electron chi connectivity index (χ0n) is 15.2. The second-order valence-corrected chi connectivity index (χ2v) is 9.15. The molecule has 2 amide bonds. The monoisotopic (exact) mass is 405 g/mol. The molecule has 1 saturated carbocycles. The fraction of sp³-hybridized carbons (Fsp3) is 0.889. The first-order valence-corrected chi connectivity index (χ1v) is 10.4. The average molecular weight is 406 g/mol. The minimum absolute atomic E-state index is 0.0415. The summed E-state index contributed by atoms with van der Waals surface area (Å²) in [5.41, 5.74) is 6.49. The highest BCUT2D eigenvalue weighted by Gasteiger charge is 2.42. The van der Waals surface area contributed by atoms with E-state index in [1.165, 1.54) is 0 Å². The fourth-order valence-corrected chi connectivity index (χ4v) is 5.28. The molecule has 0 spiro atoms. The van der Waals surface area contributed by atoms with Gasteiger partial charge in [-0.3, -0.25) is 9.59 Å². The quantitative estimate of drug-likeness (QED) is 0.689. The average Bonchev–Trinajstić information content (AvgIpc) is 2.96. The summed E-state index contributed by atoms with van der Waals surface area (Å²) in [5.74, 6) is 0.310. The number of alkyl halides is 2. The van der Waals surface area contributed by atoms with Crippen molar-refractivity contribution in [3.63, 3.8) is 0 Å². The summed E-state index contributed by atoms with van der Waals surface area (Å²) in [6.07, 6.45) is 3.29. The van der Waals surface area contributed by atoms with Crippen molar-refractivity contribution in [2.45, 2.75) is 67.5 Å². The number of likely N-dealkylation sites (N-methyl/N-ethyl adjacent to an activating group) is 1. The molecule has 6 nitrogen and oxygen atoms in total. The van der Waals surface area contributed by atoms with Gasteiger partial charge in [0.05, 0.1) is 16.9 Å². The third kappa shape index (κ3) is 3.98. The van der Waals surface area contributed by atoms with Crippen LogP contribution in [-0.4, -0.2) is 75.8 Å². The van der Waals surface area contributed by atoms with Crippen molar-refractivity contribution >= 4 is 35.0 Å². The number of nitrogens with two attached hydrogens (primary N) is 1. The number of carbonyl (C=O) groups excluding carboxylic acids is 2. The third-order valence-corrected chi connectivity index (χ3v) is 7.61. The molecule has 148 valence electrons. The Balaban J connectivity index is 1.53. The predicted octanol–water partition coefficient (Wildman–Crippen LogP) is 1.16. The molecule has 26 heavy (non-hydrogen) atoms. The molecule has 4 unspecified atom stereocenters. The molecule has 0 radical (unpaired) electrons. The van der Waals surface area contributed by atoms with Crippen LogP contribution in [0.2, 0.25) is 0 Å². The highest BCUT2D eigenvalue weighted by atomic mass is 35.5.